The Labute approximate surface area is 91.6 Å². The van der Waals surface area contributed by atoms with Crippen molar-refractivity contribution in [3.05, 3.63) is 29.6 Å². The molecule has 0 N–H and O–H groups in total. The van der Waals surface area contributed by atoms with Gasteiger partial charge in [-0.2, -0.15) is 0 Å². The lowest BCUT2D eigenvalue weighted by molar-refractivity contribution is 0.0590. The zero-order valence-electron chi connectivity index (χ0n) is 8.93. The van der Waals surface area contributed by atoms with Crippen molar-refractivity contribution in [3.8, 4) is 0 Å². The van der Waals surface area contributed by atoms with E-state index in [-0.39, 0.29) is 0 Å². The molecule has 0 aliphatic heterocycles. The van der Waals surface area contributed by atoms with Gasteiger partial charge in [-0.1, -0.05) is 0 Å². The van der Waals surface area contributed by atoms with Gasteiger partial charge in [-0.05, 0) is 12.1 Å². The monoisotopic (exact) mass is 218 g/mol. The second kappa shape index (κ2) is 3.77. The molecule has 16 heavy (non-hydrogen) atoms. The molecule has 0 aromatic carbocycles. The molecular weight excluding hydrogens is 208 g/mol. The Balaban J connectivity index is 2.68. The van der Waals surface area contributed by atoms with Crippen molar-refractivity contribution in [3.63, 3.8) is 0 Å². The molecule has 5 nitrogen and oxygen atoms in total. The van der Waals surface area contributed by atoms with E-state index >= 15 is 0 Å². The van der Waals surface area contributed by atoms with Crippen LogP contribution >= 0.6 is 0 Å². The Morgan fingerprint density at radius 3 is 2.88 bits per heavy atom. The van der Waals surface area contributed by atoms with Gasteiger partial charge in [-0.25, -0.2) is 4.79 Å². The molecule has 2 aromatic heterocycles. The van der Waals surface area contributed by atoms with Crippen molar-refractivity contribution in [2.24, 2.45) is 7.05 Å². The highest BCUT2D eigenvalue weighted by molar-refractivity contribution is 5.95. The summed E-state index contributed by atoms with van der Waals surface area (Å²) < 4.78 is 6.30. The van der Waals surface area contributed by atoms with Gasteiger partial charge in [0.15, 0.2) is 6.29 Å². The van der Waals surface area contributed by atoms with Crippen LogP contribution in [0.5, 0.6) is 0 Å². The predicted molar refractivity (Wildman–Crippen MR) is 57.4 cm³/mol. The largest absolute Gasteiger partial charge is 0.464 e. The minimum atomic E-state index is -0.423. The first-order valence-electron chi connectivity index (χ1n) is 4.66. The number of methoxy groups -OCH3 is 1. The van der Waals surface area contributed by atoms with Crippen LogP contribution in [0.2, 0.25) is 0 Å². The molecule has 0 unspecified atom stereocenters. The summed E-state index contributed by atoms with van der Waals surface area (Å²) in [5.41, 5.74) is 2.27. The molecule has 0 saturated carbocycles. The second-order valence-corrected chi connectivity index (χ2v) is 3.37. The van der Waals surface area contributed by atoms with E-state index in [1.54, 1.807) is 23.7 Å². The fourth-order valence-corrected chi connectivity index (χ4v) is 1.58. The van der Waals surface area contributed by atoms with Crippen molar-refractivity contribution in [1.29, 1.82) is 0 Å². The van der Waals surface area contributed by atoms with Gasteiger partial charge in [0.05, 0.1) is 18.1 Å². The van der Waals surface area contributed by atoms with Gasteiger partial charge in [0, 0.05) is 18.8 Å². The van der Waals surface area contributed by atoms with Gasteiger partial charge in [0.2, 0.25) is 0 Å². The first-order chi connectivity index (χ1) is 7.67. The number of hydrogen-bond donors (Lipinski definition) is 0. The molecule has 0 saturated heterocycles. The summed E-state index contributed by atoms with van der Waals surface area (Å²) in [5.74, 6) is -0.423. The van der Waals surface area contributed by atoms with Crippen molar-refractivity contribution >= 4 is 23.3 Å². The zero-order valence-corrected chi connectivity index (χ0v) is 8.93. The molecule has 0 aliphatic carbocycles. The van der Waals surface area contributed by atoms with E-state index in [2.05, 4.69) is 9.72 Å². The van der Waals surface area contributed by atoms with Gasteiger partial charge in [-0.3, -0.25) is 9.78 Å². The number of aryl methyl sites for hydroxylation is 1. The standard InChI is InChI=1S/C11H10N2O3/c1-13-9-3-7(6-14)5-12-8(9)4-10(13)11(15)16-2/h3-6H,1-2H3. The number of ether oxygens (including phenoxy) is 1. The highest BCUT2D eigenvalue weighted by atomic mass is 16.5. The highest BCUT2D eigenvalue weighted by Gasteiger charge is 2.14. The van der Waals surface area contributed by atoms with Crippen LogP contribution < -0.4 is 0 Å². The van der Waals surface area contributed by atoms with E-state index in [4.69, 9.17) is 0 Å². The summed E-state index contributed by atoms with van der Waals surface area (Å²) in [6, 6.07) is 3.32. The van der Waals surface area contributed by atoms with Crippen LogP contribution in [0.1, 0.15) is 20.8 Å². The first kappa shape index (κ1) is 10.4. The summed E-state index contributed by atoms with van der Waals surface area (Å²) in [7, 11) is 3.05. The molecule has 0 fully saturated rings. The third kappa shape index (κ3) is 1.46. The van der Waals surface area contributed by atoms with Gasteiger partial charge >= 0.3 is 5.97 Å². The van der Waals surface area contributed by atoms with E-state index in [0.717, 1.165) is 11.8 Å². The van der Waals surface area contributed by atoms with Crippen LogP contribution in [0.25, 0.3) is 11.0 Å². The Hall–Kier alpha value is -2.17. The number of carbonyl (C=O) groups is 2. The van der Waals surface area contributed by atoms with E-state index < -0.39 is 5.97 Å². The molecule has 2 aromatic rings. The second-order valence-electron chi connectivity index (χ2n) is 3.37. The maximum absolute atomic E-state index is 11.4. The Morgan fingerprint density at radius 2 is 2.25 bits per heavy atom. The molecule has 0 radical (unpaired) electrons. The van der Waals surface area contributed by atoms with Crippen LogP contribution in [0.3, 0.4) is 0 Å². The number of aromatic nitrogens is 2. The zero-order chi connectivity index (χ0) is 11.7. The van der Waals surface area contributed by atoms with Gasteiger partial charge in [0.1, 0.15) is 5.69 Å². The Kier molecular flexibility index (Phi) is 2.44. The fraction of sp³-hybridized carbons (Fsp3) is 0.182. The predicted octanol–water partition coefficient (Wildman–Crippen LogP) is 1.17. The van der Waals surface area contributed by atoms with Crippen LogP contribution in [0, 0.1) is 0 Å². The van der Waals surface area contributed by atoms with E-state index in [9.17, 15) is 9.59 Å². The van der Waals surface area contributed by atoms with Gasteiger partial charge in [0.25, 0.3) is 0 Å². The molecule has 0 atom stereocenters. The maximum Gasteiger partial charge on any atom is 0.354 e. The van der Waals surface area contributed by atoms with Crippen LogP contribution in [0.4, 0.5) is 0 Å². The van der Waals surface area contributed by atoms with E-state index in [0.29, 0.717) is 16.8 Å². The molecule has 0 bridgehead atoms. The molecule has 0 amide bonds. The Morgan fingerprint density at radius 1 is 1.50 bits per heavy atom. The van der Waals surface area contributed by atoms with Crippen LogP contribution in [-0.4, -0.2) is 28.9 Å². The number of rotatable bonds is 2. The normalized spacial score (nSPS) is 10.4. The molecule has 0 aliphatic rings. The summed E-state index contributed by atoms with van der Waals surface area (Å²) in [5, 5.41) is 0. The number of fused-ring (bicyclic) bond motifs is 1. The first-order valence-corrected chi connectivity index (χ1v) is 4.66. The van der Waals surface area contributed by atoms with E-state index in [1.807, 2.05) is 0 Å². The Bertz CT molecular complexity index is 572. The molecule has 0 spiro atoms. The average Bonchev–Trinajstić information content (AvgIpc) is 2.65. The number of hydrogen-bond acceptors (Lipinski definition) is 4. The summed E-state index contributed by atoms with van der Waals surface area (Å²) in [6.07, 6.45) is 2.19. The lowest BCUT2D eigenvalue weighted by Crippen LogP contribution is -2.06. The molecular formula is C11H10N2O3. The topological polar surface area (TPSA) is 61.2 Å². The maximum atomic E-state index is 11.4. The third-order valence-electron chi connectivity index (χ3n) is 2.45. The molecule has 5 heteroatoms. The fourth-order valence-electron chi connectivity index (χ4n) is 1.58. The summed E-state index contributed by atoms with van der Waals surface area (Å²) in [6.45, 7) is 0. The third-order valence-corrected chi connectivity index (χ3v) is 2.45. The summed E-state index contributed by atoms with van der Waals surface area (Å²) >= 11 is 0. The molecule has 2 rings (SSSR count). The van der Waals surface area contributed by atoms with Crippen molar-refractivity contribution in [1.82, 2.24) is 9.55 Å². The number of nitrogens with zero attached hydrogens (tertiary/aromatic N) is 2. The quantitative estimate of drug-likeness (QED) is 0.560. The van der Waals surface area contributed by atoms with Gasteiger partial charge < -0.3 is 9.30 Å². The summed E-state index contributed by atoms with van der Waals surface area (Å²) in [4.78, 5) is 26.1. The minimum absolute atomic E-state index is 0.410. The van der Waals surface area contributed by atoms with Crippen LogP contribution in [-0.2, 0) is 11.8 Å². The van der Waals surface area contributed by atoms with E-state index in [1.165, 1.54) is 13.3 Å². The number of aldehydes is 1. The lowest BCUT2D eigenvalue weighted by Gasteiger charge is -2.01. The average molecular weight is 218 g/mol. The number of carbonyl (C=O) groups excluding carboxylic acids is 2. The van der Waals surface area contributed by atoms with Crippen LogP contribution in [0.15, 0.2) is 18.3 Å². The number of esters is 1. The number of pyridine rings is 1. The molecule has 82 valence electrons. The van der Waals surface area contributed by atoms with Crippen molar-refractivity contribution < 1.29 is 14.3 Å². The van der Waals surface area contributed by atoms with Gasteiger partial charge in [-0.15, -0.1) is 0 Å². The SMILES string of the molecule is COC(=O)c1cc2ncc(C=O)cc2n1C. The smallest absolute Gasteiger partial charge is 0.354 e. The highest BCUT2D eigenvalue weighted by Crippen LogP contribution is 2.17. The lowest BCUT2D eigenvalue weighted by atomic mass is 10.3. The van der Waals surface area contributed by atoms with Crippen molar-refractivity contribution in [2.45, 2.75) is 0 Å². The van der Waals surface area contributed by atoms with Crippen molar-refractivity contribution in [2.75, 3.05) is 7.11 Å². The molecule has 2 heterocycles. The minimum Gasteiger partial charge on any atom is -0.464 e.